The third-order valence-electron chi connectivity index (χ3n) is 1.88. The zero-order chi connectivity index (χ0) is 10.6. The van der Waals surface area contributed by atoms with E-state index in [-0.39, 0.29) is 5.50 Å². The number of rotatable bonds is 4. The molecule has 0 amide bonds. The summed E-state index contributed by atoms with van der Waals surface area (Å²) in [5.41, 5.74) is 6.14. The van der Waals surface area contributed by atoms with Crippen molar-refractivity contribution < 1.29 is 9.47 Å². The van der Waals surface area contributed by atoms with Crippen LogP contribution in [-0.2, 0) is 6.42 Å². The van der Waals surface area contributed by atoms with Gasteiger partial charge in [-0.05, 0) is 17.7 Å². The molecule has 0 radical (unpaired) electrons. The van der Waals surface area contributed by atoms with Crippen molar-refractivity contribution in [2.75, 3.05) is 14.2 Å². The van der Waals surface area contributed by atoms with Gasteiger partial charge < -0.3 is 15.2 Å². The topological polar surface area (TPSA) is 44.5 Å². The Labute approximate surface area is 88.8 Å². The van der Waals surface area contributed by atoms with E-state index in [1.807, 2.05) is 18.2 Å². The van der Waals surface area contributed by atoms with Crippen molar-refractivity contribution in [1.82, 2.24) is 0 Å². The van der Waals surface area contributed by atoms with Crippen LogP contribution < -0.4 is 15.2 Å². The molecule has 0 fully saturated rings. The highest BCUT2D eigenvalue weighted by Crippen LogP contribution is 2.27. The molecule has 0 aliphatic carbocycles. The zero-order valence-corrected chi connectivity index (χ0v) is 9.04. The summed E-state index contributed by atoms with van der Waals surface area (Å²) < 4.78 is 10.3. The number of hydrogen-bond donors (Lipinski definition) is 1. The van der Waals surface area contributed by atoms with Crippen molar-refractivity contribution >= 4 is 11.6 Å². The number of nitrogens with two attached hydrogens (primary N) is 1. The first-order valence-electron chi connectivity index (χ1n) is 4.28. The number of benzene rings is 1. The molecule has 0 aliphatic heterocycles. The second kappa shape index (κ2) is 5.08. The number of methoxy groups -OCH3 is 2. The van der Waals surface area contributed by atoms with Crippen molar-refractivity contribution in [3.63, 3.8) is 0 Å². The van der Waals surface area contributed by atoms with Crippen LogP contribution in [0.3, 0.4) is 0 Å². The Morgan fingerprint density at radius 2 is 1.93 bits per heavy atom. The summed E-state index contributed by atoms with van der Waals surface area (Å²) in [6.07, 6.45) is 0.613. The predicted octanol–water partition coefficient (Wildman–Crippen LogP) is 1.77. The molecular weight excluding hydrogens is 202 g/mol. The van der Waals surface area contributed by atoms with E-state index >= 15 is 0 Å². The van der Waals surface area contributed by atoms with Crippen LogP contribution in [-0.4, -0.2) is 19.7 Å². The van der Waals surface area contributed by atoms with E-state index in [2.05, 4.69) is 0 Å². The van der Waals surface area contributed by atoms with Gasteiger partial charge in [0.25, 0.3) is 0 Å². The van der Waals surface area contributed by atoms with Crippen molar-refractivity contribution in [3.8, 4) is 11.5 Å². The lowest BCUT2D eigenvalue weighted by Gasteiger charge is -2.10. The molecule has 14 heavy (non-hydrogen) atoms. The fourth-order valence-corrected chi connectivity index (χ4v) is 1.41. The van der Waals surface area contributed by atoms with Gasteiger partial charge >= 0.3 is 0 Å². The van der Waals surface area contributed by atoms with Gasteiger partial charge in [-0.3, -0.25) is 0 Å². The van der Waals surface area contributed by atoms with E-state index in [1.54, 1.807) is 14.2 Å². The van der Waals surface area contributed by atoms with E-state index in [0.29, 0.717) is 17.9 Å². The maximum atomic E-state index is 5.69. The van der Waals surface area contributed by atoms with Gasteiger partial charge in [0.2, 0.25) is 0 Å². The molecule has 0 saturated carbocycles. The molecule has 4 heteroatoms. The molecule has 1 aromatic carbocycles. The highest BCUT2D eigenvalue weighted by atomic mass is 35.5. The molecule has 1 unspecified atom stereocenters. The molecule has 78 valence electrons. The highest BCUT2D eigenvalue weighted by Gasteiger charge is 2.06. The smallest absolute Gasteiger partial charge is 0.160 e. The summed E-state index contributed by atoms with van der Waals surface area (Å²) >= 11 is 5.69. The molecule has 0 bridgehead atoms. The summed E-state index contributed by atoms with van der Waals surface area (Å²) in [4.78, 5) is 0. The summed E-state index contributed by atoms with van der Waals surface area (Å²) in [5, 5.41) is 0. The Hall–Kier alpha value is -0.930. The van der Waals surface area contributed by atoms with Crippen LogP contribution in [0, 0.1) is 0 Å². The second-order valence-corrected chi connectivity index (χ2v) is 3.47. The lowest BCUT2D eigenvalue weighted by molar-refractivity contribution is 0.354. The van der Waals surface area contributed by atoms with Crippen LogP contribution in [0.25, 0.3) is 0 Å². The molecule has 1 atom stereocenters. The van der Waals surface area contributed by atoms with E-state index in [0.717, 1.165) is 5.56 Å². The minimum atomic E-state index is -0.367. The summed E-state index contributed by atoms with van der Waals surface area (Å²) in [6, 6.07) is 5.64. The van der Waals surface area contributed by atoms with Gasteiger partial charge in [0, 0.05) is 6.42 Å². The van der Waals surface area contributed by atoms with Gasteiger partial charge in [-0.2, -0.15) is 0 Å². The Bertz CT molecular complexity index is 302. The van der Waals surface area contributed by atoms with Crippen molar-refractivity contribution in [2.45, 2.75) is 11.9 Å². The van der Waals surface area contributed by atoms with E-state index in [1.165, 1.54) is 0 Å². The van der Waals surface area contributed by atoms with Crippen LogP contribution in [0.4, 0.5) is 0 Å². The lowest BCUT2D eigenvalue weighted by Crippen LogP contribution is -2.14. The van der Waals surface area contributed by atoms with Crippen molar-refractivity contribution in [3.05, 3.63) is 23.8 Å². The molecule has 1 rings (SSSR count). The third kappa shape index (κ3) is 2.79. The quantitative estimate of drug-likeness (QED) is 0.615. The number of ether oxygens (including phenoxy) is 2. The summed E-state index contributed by atoms with van der Waals surface area (Å²) in [6.45, 7) is 0. The summed E-state index contributed by atoms with van der Waals surface area (Å²) in [7, 11) is 3.20. The van der Waals surface area contributed by atoms with Crippen LogP contribution in [0.5, 0.6) is 11.5 Å². The average molecular weight is 216 g/mol. The average Bonchev–Trinajstić information content (AvgIpc) is 2.16. The van der Waals surface area contributed by atoms with E-state index in [4.69, 9.17) is 26.8 Å². The predicted molar refractivity (Wildman–Crippen MR) is 57.1 cm³/mol. The zero-order valence-electron chi connectivity index (χ0n) is 8.29. The summed E-state index contributed by atoms with van der Waals surface area (Å²) in [5.74, 6) is 1.40. The number of halogens is 1. The van der Waals surface area contributed by atoms with Crippen molar-refractivity contribution in [1.29, 1.82) is 0 Å². The molecule has 0 heterocycles. The van der Waals surface area contributed by atoms with Crippen LogP contribution in [0.1, 0.15) is 5.56 Å². The first-order valence-corrected chi connectivity index (χ1v) is 4.71. The van der Waals surface area contributed by atoms with Gasteiger partial charge in [-0.15, -0.1) is 11.6 Å². The van der Waals surface area contributed by atoms with Crippen LogP contribution in [0.2, 0.25) is 0 Å². The van der Waals surface area contributed by atoms with Gasteiger partial charge in [0.05, 0.1) is 19.7 Å². The third-order valence-corrected chi connectivity index (χ3v) is 2.03. The first kappa shape index (κ1) is 11.1. The minimum Gasteiger partial charge on any atom is -0.493 e. The second-order valence-electron chi connectivity index (χ2n) is 2.91. The van der Waals surface area contributed by atoms with Crippen LogP contribution >= 0.6 is 11.6 Å². The normalized spacial score (nSPS) is 12.3. The fourth-order valence-electron chi connectivity index (χ4n) is 1.23. The largest absolute Gasteiger partial charge is 0.493 e. The van der Waals surface area contributed by atoms with E-state index in [9.17, 15) is 0 Å². The van der Waals surface area contributed by atoms with Gasteiger partial charge in [-0.25, -0.2) is 0 Å². The molecule has 0 aromatic heterocycles. The number of hydrogen-bond acceptors (Lipinski definition) is 3. The standard InChI is InChI=1S/C10H14ClNO2/c1-13-8-4-3-7(6-10(11)12)5-9(8)14-2/h3-5,10H,6,12H2,1-2H3. The maximum absolute atomic E-state index is 5.69. The Morgan fingerprint density at radius 1 is 1.29 bits per heavy atom. The minimum absolute atomic E-state index is 0.367. The molecular formula is C10H14ClNO2. The molecule has 0 saturated heterocycles. The Kier molecular flexibility index (Phi) is 4.04. The Balaban J connectivity index is 2.89. The monoisotopic (exact) mass is 215 g/mol. The van der Waals surface area contributed by atoms with E-state index < -0.39 is 0 Å². The van der Waals surface area contributed by atoms with Crippen LogP contribution in [0.15, 0.2) is 18.2 Å². The molecule has 1 aromatic rings. The van der Waals surface area contributed by atoms with Gasteiger partial charge in [0.15, 0.2) is 11.5 Å². The van der Waals surface area contributed by atoms with Crippen molar-refractivity contribution in [2.24, 2.45) is 5.73 Å². The first-order chi connectivity index (χ1) is 6.67. The molecule has 2 N–H and O–H groups in total. The maximum Gasteiger partial charge on any atom is 0.160 e. The highest BCUT2D eigenvalue weighted by molar-refractivity contribution is 6.20. The lowest BCUT2D eigenvalue weighted by atomic mass is 10.1. The molecule has 0 spiro atoms. The van der Waals surface area contributed by atoms with Gasteiger partial charge in [-0.1, -0.05) is 6.07 Å². The van der Waals surface area contributed by atoms with Gasteiger partial charge in [0.1, 0.15) is 0 Å². The number of alkyl halides is 1. The SMILES string of the molecule is COc1ccc(CC(N)Cl)cc1OC. The molecule has 0 aliphatic rings. The fraction of sp³-hybridized carbons (Fsp3) is 0.400. The molecule has 3 nitrogen and oxygen atoms in total. The Morgan fingerprint density at radius 3 is 2.43 bits per heavy atom.